The van der Waals surface area contributed by atoms with Crippen molar-refractivity contribution in [2.75, 3.05) is 12.5 Å². The topological polar surface area (TPSA) is 81.8 Å². The highest BCUT2D eigenvalue weighted by Crippen LogP contribution is 2.41. The number of rotatable bonds is 2. The number of hydrogen-bond acceptors (Lipinski definition) is 4. The molecule has 0 saturated carbocycles. The molecule has 0 fully saturated rings. The Hall–Kier alpha value is -1.91. The van der Waals surface area contributed by atoms with E-state index in [4.69, 9.17) is 20.3 Å². The van der Waals surface area contributed by atoms with Crippen molar-refractivity contribution in [3.05, 3.63) is 17.2 Å². The van der Waals surface area contributed by atoms with Crippen LogP contribution in [0.4, 0.5) is 5.69 Å². The van der Waals surface area contributed by atoms with Crippen LogP contribution < -0.4 is 15.2 Å². The molecular weight excluding hydrogens is 198 g/mol. The number of aromatic carboxylic acids is 1. The lowest BCUT2D eigenvalue weighted by Gasteiger charge is -2.09. The van der Waals surface area contributed by atoms with E-state index in [0.717, 1.165) is 0 Å². The van der Waals surface area contributed by atoms with Crippen LogP contribution in [0, 0.1) is 0 Å². The highest BCUT2D eigenvalue weighted by atomic mass is 16.7. The summed E-state index contributed by atoms with van der Waals surface area (Å²) in [5.74, 6) is -0.143. The third kappa shape index (κ3) is 1.36. The van der Waals surface area contributed by atoms with Crippen molar-refractivity contribution >= 4 is 11.7 Å². The fourth-order valence-corrected chi connectivity index (χ4v) is 1.68. The van der Waals surface area contributed by atoms with Gasteiger partial charge in [-0.25, -0.2) is 4.79 Å². The summed E-state index contributed by atoms with van der Waals surface area (Å²) in [6.45, 7) is 1.94. The number of benzene rings is 1. The second-order valence-corrected chi connectivity index (χ2v) is 3.21. The Morgan fingerprint density at radius 2 is 2.33 bits per heavy atom. The summed E-state index contributed by atoms with van der Waals surface area (Å²) in [5.41, 5.74) is 6.95. The van der Waals surface area contributed by atoms with Crippen LogP contribution in [0.2, 0.25) is 0 Å². The van der Waals surface area contributed by atoms with Crippen LogP contribution in [0.5, 0.6) is 11.5 Å². The summed E-state index contributed by atoms with van der Waals surface area (Å²) in [4.78, 5) is 11.0. The second kappa shape index (κ2) is 3.34. The number of nitrogens with two attached hydrogens (primary N) is 1. The summed E-state index contributed by atoms with van der Waals surface area (Å²) in [7, 11) is 0. The first-order valence-electron chi connectivity index (χ1n) is 4.59. The van der Waals surface area contributed by atoms with Gasteiger partial charge in [-0.3, -0.25) is 0 Å². The molecule has 0 aliphatic carbocycles. The van der Waals surface area contributed by atoms with Crippen molar-refractivity contribution in [1.29, 1.82) is 0 Å². The molecule has 1 aliphatic rings. The number of hydrogen-bond donors (Lipinski definition) is 2. The molecule has 0 atom stereocenters. The molecule has 0 radical (unpaired) electrons. The molecule has 0 aromatic heterocycles. The first-order valence-corrected chi connectivity index (χ1v) is 4.59. The van der Waals surface area contributed by atoms with Gasteiger partial charge in [0.05, 0.1) is 11.3 Å². The van der Waals surface area contributed by atoms with Gasteiger partial charge in [0, 0.05) is 0 Å². The van der Waals surface area contributed by atoms with E-state index in [1.165, 1.54) is 6.07 Å². The molecule has 3 N–H and O–H groups in total. The molecule has 5 heteroatoms. The standard InChI is InChI=1S/C10H11NO4/c1-2-5-6(10(12)13)3-7-9(8(5)11)15-4-14-7/h3H,2,4,11H2,1H3,(H,12,13). The lowest BCUT2D eigenvalue weighted by Crippen LogP contribution is -2.05. The molecule has 80 valence electrons. The minimum atomic E-state index is -1.00. The molecule has 1 aromatic rings. The van der Waals surface area contributed by atoms with Gasteiger partial charge in [-0.05, 0) is 18.1 Å². The van der Waals surface area contributed by atoms with E-state index in [1.54, 1.807) is 0 Å². The number of anilines is 1. The molecular formula is C10H11NO4. The minimum Gasteiger partial charge on any atom is -0.478 e. The molecule has 0 spiro atoms. The largest absolute Gasteiger partial charge is 0.478 e. The summed E-state index contributed by atoms with van der Waals surface area (Å²) in [6.07, 6.45) is 0.546. The Labute approximate surface area is 86.4 Å². The summed E-state index contributed by atoms with van der Waals surface area (Å²) >= 11 is 0. The average molecular weight is 209 g/mol. The van der Waals surface area contributed by atoms with Crippen LogP contribution in [0.3, 0.4) is 0 Å². The molecule has 5 nitrogen and oxygen atoms in total. The summed E-state index contributed by atoms with van der Waals surface area (Å²) in [5, 5.41) is 9.00. The van der Waals surface area contributed by atoms with Crippen LogP contribution in [-0.4, -0.2) is 17.9 Å². The van der Waals surface area contributed by atoms with E-state index in [2.05, 4.69) is 0 Å². The second-order valence-electron chi connectivity index (χ2n) is 3.21. The van der Waals surface area contributed by atoms with Gasteiger partial charge in [0.25, 0.3) is 0 Å². The Kier molecular flexibility index (Phi) is 2.15. The van der Waals surface area contributed by atoms with Crippen molar-refractivity contribution < 1.29 is 19.4 Å². The van der Waals surface area contributed by atoms with Crippen LogP contribution in [-0.2, 0) is 6.42 Å². The van der Waals surface area contributed by atoms with Gasteiger partial charge >= 0.3 is 5.97 Å². The fraction of sp³-hybridized carbons (Fsp3) is 0.300. The van der Waals surface area contributed by atoms with Gasteiger partial charge in [-0.2, -0.15) is 0 Å². The summed E-state index contributed by atoms with van der Waals surface area (Å²) in [6, 6.07) is 1.46. The van der Waals surface area contributed by atoms with Gasteiger partial charge < -0.3 is 20.3 Å². The zero-order valence-electron chi connectivity index (χ0n) is 8.24. The molecule has 1 aromatic carbocycles. The van der Waals surface area contributed by atoms with E-state index < -0.39 is 5.97 Å². The fourth-order valence-electron chi connectivity index (χ4n) is 1.68. The molecule has 1 heterocycles. The number of nitrogen functional groups attached to an aromatic ring is 1. The van der Waals surface area contributed by atoms with Crippen LogP contribution >= 0.6 is 0 Å². The molecule has 0 saturated heterocycles. The van der Waals surface area contributed by atoms with E-state index in [1.807, 2.05) is 6.92 Å². The lowest BCUT2D eigenvalue weighted by atomic mass is 10.0. The number of fused-ring (bicyclic) bond motifs is 1. The van der Waals surface area contributed by atoms with Crippen molar-refractivity contribution in [2.45, 2.75) is 13.3 Å². The van der Waals surface area contributed by atoms with E-state index >= 15 is 0 Å². The first-order chi connectivity index (χ1) is 7.15. The van der Waals surface area contributed by atoms with Crippen molar-refractivity contribution in [3.63, 3.8) is 0 Å². The Bertz CT molecular complexity index is 428. The predicted octanol–water partition coefficient (Wildman–Crippen LogP) is 1.26. The van der Waals surface area contributed by atoms with E-state index in [9.17, 15) is 4.79 Å². The van der Waals surface area contributed by atoms with Gasteiger partial charge in [-0.15, -0.1) is 0 Å². The third-order valence-corrected chi connectivity index (χ3v) is 2.40. The number of carboxylic acids is 1. The molecule has 15 heavy (non-hydrogen) atoms. The average Bonchev–Trinajstić information content (AvgIpc) is 2.65. The lowest BCUT2D eigenvalue weighted by molar-refractivity contribution is 0.0695. The Balaban J connectivity index is 2.66. The van der Waals surface area contributed by atoms with Crippen LogP contribution in [0.25, 0.3) is 0 Å². The minimum absolute atomic E-state index is 0.0890. The van der Waals surface area contributed by atoms with E-state index in [-0.39, 0.29) is 12.4 Å². The maximum absolute atomic E-state index is 11.0. The van der Waals surface area contributed by atoms with E-state index in [0.29, 0.717) is 29.2 Å². The maximum atomic E-state index is 11.0. The summed E-state index contributed by atoms with van der Waals surface area (Å²) < 4.78 is 10.3. The van der Waals surface area contributed by atoms with Crippen LogP contribution in [0.1, 0.15) is 22.8 Å². The number of carbonyl (C=O) groups is 1. The molecule has 1 aliphatic heterocycles. The monoisotopic (exact) mass is 209 g/mol. The molecule has 2 rings (SSSR count). The zero-order chi connectivity index (χ0) is 11.0. The zero-order valence-corrected chi connectivity index (χ0v) is 8.24. The van der Waals surface area contributed by atoms with Gasteiger partial charge in [0.15, 0.2) is 11.5 Å². The van der Waals surface area contributed by atoms with Gasteiger partial charge in [0.2, 0.25) is 6.79 Å². The van der Waals surface area contributed by atoms with Crippen LogP contribution in [0.15, 0.2) is 6.07 Å². The normalized spacial score (nSPS) is 12.9. The SMILES string of the molecule is CCc1c(C(=O)O)cc2c(c1N)OCO2. The highest BCUT2D eigenvalue weighted by Gasteiger charge is 2.24. The van der Waals surface area contributed by atoms with Crippen molar-refractivity contribution in [1.82, 2.24) is 0 Å². The predicted molar refractivity (Wildman–Crippen MR) is 53.3 cm³/mol. The quantitative estimate of drug-likeness (QED) is 0.716. The maximum Gasteiger partial charge on any atom is 0.336 e. The number of carboxylic acid groups (broad SMARTS) is 1. The van der Waals surface area contributed by atoms with Crippen molar-refractivity contribution in [2.24, 2.45) is 0 Å². The Morgan fingerprint density at radius 3 is 2.93 bits per heavy atom. The number of ether oxygens (including phenoxy) is 2. The molecule has 0 amide bonds. The van der Waals surface area contributed by atoms with Gasteiger partial charge in [-0.1, -0.05) is 6.92 Å². The van der Waals surface area contributed by atoms with Gasteiger partial charge in [0.1, 0.15) is 0 Å². The first kappa shape index (κ1) is 9.64. The molecule has 0 bridgehead atoms. The smallest absolute Gasteiger partial charge is 0.336 e. The molecule has 0 unspecified atom stereocenters. The highest BCUT2D eigenvalue weighted by molar-refractivity contribution is 5.93. The Morgan fingerprint density at radius 1 is 1.60 bits per heavy atom. The van der Waals surface area contributed by atoms with Crippen molar-refractivity contribution in [3.8, 4) is 11.5 Å². The third-order valence-electron chi connectivity index (χ3n) is 2.40.